The maximum atomic E-state index is 12.1. The van der Waals surface area contributed by atoms with Crippen LogP contribution < -0.4 is 15.6 Å². The summed E-state index contributed by atoms with van der Waals surface area (Å²) in [5.41, 5.74) is 0.123. The molecule has 0 saturated carbocycles. The van der Waals surface area contributed by atoms with Gasteiger partial charge in [-0.1, -0.05) is 23.2 Å². The number of halogens is 2. The van der Waals surface area contributed by atoms with Crippen molar-refractivity contribution in [2.45, 2.75) is 6.54 Å². The minimum Gasteiger partial charge on any atom is -0.492 e. The van der Waals surface area contributed by atoms with E-state index in [0.29, 0.717) is 42.8 Å². The van der Waals surface area contributed by atoms with Gasteiger partial charge in [0, 0.05) is 18.7 Å². The molecule has 0 fully saturated rings. The second-order valence-electron chi connectivity index (χ2n) is 4.62. The Morgan fingerprint density at radius 1 is 1.22 bits per heavy atom. The Balaban J connectivity index is 1.93. The van der Waals surface area contributed by atoms with Crippen LogP contribution in [0.25, 0.3) is 0 Å². The maximum Gasteiger partial charge on any atom is 0.287 e. The number of ether oxygens (including phenoxy) is 2. The van der Waals surface area contributed by atoms with E-state index in [1.165, 1.54) is 10.9 Å². The first-order chi connectivity index (χ1) is 11.1. The van der Waals surface area contributed by atoms with Gasteiger partial charge in [-0.05, 0) is 24.3 Å². The molecule has 124 valence electrons. The molecular weight excluding hydrogens is 341 g/mol. The van der Waals surface area contributed by atoms with Crippen molar-refractivity contribution < 1.29 is 9.47 Å². The number of benzene rings is 1. The van der Waals surface area contributed by atoms with Crippen molar-refractivity contribution in [1.29, 1.82) is 0 Å². The Kier molecular flexibility index (Phi) is 6.70. The van der Waals surface area contributed by atoms with E-state index < -0.39 is 0 Å². The monoisotopic (exact) mass is 357 g/mol. The maximum absolute atomic E-state index is 12.1. The van der Waals surface area contributed by atoms with Crippen molar-refractivity contribution in [3.8, 4) is 5.75 Å². The van der Waals surface area contributed by atoms with Crippen molar-refractivity contribution in [3.05, 3.63) is 50.9 Å². The first-order valence-electron chi connectivity index (χ1n) is 6.98. The van der Waals surface area contributed by atoms with Gasteiger partial charge in [0.2, 0.25) is 0 Å². The van der Waals surface area contributed by atoms with Gasteiger partial charge in [-0.3, -0.25) is 4.79 Å². The van der Waals surface area contributed by atoms with E-state index in [4.69, 9.17) is 32.7 Å². The van der Waals surface area contributed by atoms with Crippen LogP contribution >= 0.6 is 23.2 Å². The highest BCUT2D eigenvalue weighted by atomic mass is 35.5. The smallest absolute Gasteiger partial charge is 0.287 e. The van der Waals surface area contributed by atoms with Gasteiger partial charge < -0.3 is 14.8 Å². The zero-order chi connectivity index (χ0) is 16.7. The van der Waals surface area contributed by atoms with Gasteiger partial charge >= 0.3 is 0 Å². The van der Waals surface area contributed by atoms with Crippen LogP contribution in [0.4, 0.5) is 5.69 Å². The summed E-state index contributed by atoms with van der Waals surface area (Å²) in [5.74, 6) is 0.673. The largest absolute Gasteiger partial charge is 0.492 e. The van der Waals surface area contributed by atoms with Crippen LogP contribution in [-0.4, -0.2) is 36.6 Å². The second-order valence-corrected chi connectivity index (χ2v) is 5.44. The topological polar surface area (TPSA) is 65.4 Å². The van der Waals surface area contributed by atoms with E-state index in [1.807, 2.05) is 0 Å². The SMILES string of the molecule is COCCNc1cnn(CCOc2ccc(Cl)cc2)c(=O)c1Cl. The second kappa shape index (κ2) is 8.76. The lowest BCUT2D eigenvalue weighted by Gasteiger charge is -2.10. The molecule has 0 unspecified atom stereocenters. The summed E-state index contributed by atoms with van der Waals surface area (Å²) in [5, 5.41) is 7.81. The third kappa shape index (κ3) is 5.13. The average molecular weight is 358 g/mol. The molecule has 1 aromatic carbocycles. The molecule has 0 amide bonds. The number of aromatic nitrogens is 2. The molecule has 0 aliphatic rings. The number of anilines is 1. The Labute approximate surface area is 143 Å². The molecule has 0 atom stereocenters. The predicted molar refractivity (Wildman–Crippen MR) is 90.8 cm³/mol. The summed E-state index contributed by atoms with van der Waals surface area (Å²) in [6.45, 7) is 1.64. The summed E-state index contributed by atoms with van der Waals surface area (Å²) in [4.78, 5) is 12.1. The van der Waals surface area contributed by atoms with Crippen LogP contribution in [0.3, 0.4) is 0 Å². The highest BCUT2D eigenvalue weighted by Gasteiger charge is 2.09. The standard InChI is InChI=1S/C15H17Cl2N3O3/c1-22-8-6-18-13-10-19-20(15(21)14(13)17)7-9-23-12-4-2-11(16)3-5-12/h2-5,10,18H,6-9H2,1H3. The lowest BCUT2D eigenvalue weighted by atomic mass is 10.3. The molecule has 0 aliphatic heterocycles. The summed E-state index contributed by atoms with van der Waals surface area (Å²) in [6, 6.07) is 6.99. The van der Waals surface area contributed by atoms with Crippen LogP contribution in [0.15, 0.2) is 35.3 Å². The average Bonchev–Trinajstić information content (AvgIpc) is 2.55. The van der Waals surface area contributed by atoms with Gasteiger partial charge in [-0.15, -0.1) is 0 Å². The quantitative estimate of drug-likeness (QED) is 0.735. The highest BCUT2D eigenvalue weighted by Crippen LogP contribution is 2.16. The number of methoxy groups -OCH3 is 1. The molecule has 1 heterocycles. The first kappa shape index (κ1) is 17.6. The number of rotatable bonds is 8. The van der Waals surface area contributed by atoms with Crippen molar-refractivity contribution in [3.63, 3.8) is 0 Å². The van der Waals surface area contributed by atoms with E-state index in [2.05, 4.69) is 10.4 Å². The van der Waals surface area contributed by atoms with Crippen molar-refractivity contribution in [2.24, 2.45) is 0 Å². The molecule has 1 N–H and O–H groups in total. The summed E-state index contributed by atoms with van der Waals surface area (Å²) >= 11 is 11.9. The van der Waals surface area contributed by atoms with Crippen LogP contribution in [-0.2, 0) is 11.3 Å². The Morgan fingerprint density at radius 2 is 1.96 bits per heavy atom. The first-order valence-corrected chi connectivity index (χ1v) is 7.74. The van der Waals surface area contributed by atoms with Crippen molar-refractivity contribution in [1.82, 2.24) is 9.78 Å². The van der Waals surface area contributed by atoms with Crippen LogP contribution in [0.5, 0.6) is 5.75 Å². The Morgan fingerprint density at radius 3 is 2.65 bits per heavy atom. The number of hydrogen-bond donors (Lipinski definition) is 1. The predicted octanol–water partition coefficient (Wildman–Crippen LogP) is 2.69. The normalized spacial score (nSPS) is 10.6. The van der Waals surface area contributed by atoms with E-state index >= 15 is 0 Å². The summed E-state index contributed by atoms with van der Waals surface area (Å²) in [7, 11) is 1.60. The molecule has 1 aromatic heterocycles. The lowest BCUT2D eigenvalue weighted by Crippen LogP contribution is -2.27. The molecule has 0 spiro atoms. The zero-order valence-corrected chi connectivity index (χ0v) is 14.1. The summed E-state index contributed by atoms with van der Waals surface area (Å²) in [6.07, 6.45) is 1.52. The van der Waals surface area contributed by atoms with Crippen LogP contribution in [0.2, 0.25) is 10.0 Å². The summed E-state index contributed by atoms with van der Waals surface area (Å²) < 4.78 is 11.7. The number of nitrogens with zero attached hydrogens (tertiary/aromatic N) is 2. The van der Waals surface area contributed by atoms with Crippen LogP contribution in [0.1, 0.15) is 0 Å². The fourth-order valence-corrected chi connectivity index (χ4v) is 2.16. The van der Waals surface area contributed by atoms with Gasteiger partial charge in [0.15, 0.2) is 0 Å². The molecule has 0 saturated heterocycles. The Hall–Kier alpha value is -1.76. The van der Waals surface area contributed by atoms with Gasteiger partial charge in [-0.2, -0.15) is 5.10 Å². The van der Waals surface area contributed by atoms with Gasteiger partial charge in [0.25, 0.3) is 5.56 Å². The Bertz CT molecular complexity index is 689. The molecule has 0 radical (unpaired) electrons. The number of nitrogens with one attached hydrogen (secondary N) is 1. The van der Waals surface area contributed by atoms with E-state index in [0.717, 1.165) is 0 Å². The zero-order valence-electron chi connectivity index (χ0n) is 12.6. The van der Waals surface area contributed by atoms with Gasteiger partial charge in [0.05, 0.1) is 25.0 Å². The van der Waals surface area contributed by atoms with E-state index in [-0.39, 0.29) is 10.6 Å². The van der Waals surface area contributed by atoms with Crippen molar-refractivity contribution in [2.75, 3.05) is 32.2 Å². The molecular formula is C15H17Cl2N3O3. The number of hydrogen-bond acceptors (Lipinski definition) is 5. The fraction of sp³-hybridized carbons (Fsp3) is 0.333. The molecule has 8 heteroatoms. The third-order valence-corrected chi connectivity index (χ3v) is 3.61. The molecule has 6 nitrogen and oxygen atoms in total. The lowest BCUT2D eigenvalue weighted by molar-refractivity contribution is 0.211. The minimum absolute atomic E-state index is 0.0996. The molecule has 2 rings (SSSR count). The van der Waals surface area contributed by atoms with E-state index in [1.54, 1.807) is 31.4 Å². The molecule has 0 aliphatic carbocycles. The van der Waals surface area contributed by atoms with E-state index in [9.17, 15) is 4.79 Å². The highest BCUT2D eigenvalue weighted by molar-refractivity contribution is 6.32. The fourth-order valence-electron chi connectivity index (χ4n) is 1.82. The van der Waals surface area contributed by atoms with Crippen molar-refractivity contribution >= 4 is 28.9 Å². The molecule has 0 bridgehead atoms. The third-order valence-electron chi connectivity index (χ3n) is 2.99. The van der Waals surface area contributed by atoms with Gasteiger partial charge in [0.1, 0.15) is 17.4 Å². The molecule has 2 aromatic rings. The minimum atomic E-state index is -0.367. The van der Waals surface area contributed by atoms with Crippen LogP contribution in [0, 0.1) is 0 Å². The van der Waals surface area contributed by atoms with Gasteiger partial charge in [-0.25, -0.2) is 4.68 Å². The molecule has 23 heavy (non-hydrogen) atoms.